The maximum Gasteiger partial charge on any atom is 0.216 e. The van der Waals surface area contributed by atoms with Crippen molar-refractivity contribution in [1.29, 1.82) is 0 Å². The Morgan fingerprint density at radius 2 is 1.16 bits per heavy atom. The Morgan fingerprint density at radius 1 is 0.789 bits per heavy atom. The van der Waals surface area contributed by atoms with Crippen molar-refractivity contribution in [2.24, 2.45) is 5.41 Å². The van der Waals surface area contributed by atoms with Crippen LogP contribution in [0.15, 0.2) is 0 Å². The number of hydrogen-bond acceptors (Lipinski definition) is 6. The topological polar surface area (TPSA) is 61.0 Å². The number of hydrogen-bond donors (Lipinski definition) is 2. The molecule has 0 aromatic carbocycles. The van der Waals surface area contributed by atoms with Crippen LogP contribution in [-0.2, 0) is 18.9 Å². The summed E-state index contributed by atoms with van der Waals surface area (Å²) in [6.07, 6.45) is 1.54. The molecular formula is C13H26N2O4. The molecule has 19 heavy (non-hydrogen) atoms. The van der Waals surface area contributed by atoms with Crippen molar-refractivity contribution < 1.29 is 18.9 Å². The summed E-state index contributed by atoms with van der Waals surface area (Å²) in [4.78, 5) is 0. The molecule has 1 spiro atoms. The first-order valence-electron chi connectivity index (χ1n) is 7.21. The molecule has 2 aliphatic rings. The maximum atomic E-state index is 5.68. The standard InChI is InChI=1S/C13H26N2O4/c1-3-5-14-11-16-7-13(8-17-11)9-18-12(19-10-13)15-6-4-2/h11-12,14-15H,3-10H2,1-2H3. The van der Waals surface area contributed by atoms with Crippen LogP contribution in [0.25, 0.3) is 0 Å². The minimum atomic E-state index is -0.290. The molecule has 0 radical (unpaired) electrons. The van der Waals surface area contributed by atoms with E-state index in [0.29, 0.717) is 26.4 Å². The Balaban J connectivity index is 1.69. The first kappa shape index (κ1) is 15.2. The molecule has 2 fully saturated rings. The molecule has 0 aromatic rings. The summed E-state index contributed by atoms with van der Waals surface area (Å²) >= 11 is 0. The van der Waals surface area contributed by atoms with Gasteiger partial charge in [-0.2, -0.15) is 0 Å². The van der Waals surface area contributed by atoms with Crippen LogP contribution in [0.2, 0.25) is 0 Å². The van der Waals surface area contributed by atoms with E-state index in [1.54, 1.807) is 0 Å². The molecule has 2 heterocycles. The van der Waals surface area contributed by atoms with E-state index in [1.165, 1.54) is 0 Å². The van der Waals surface area contributed by atoms with Crippen molar-refractivity contribution in [1.82, 2.24) is 10.6 Å². The monoisotopic (exact) mass is 274 g/mol. The molecule has 0 aromatic heterocycles. The Labute approximate surface area is 115 Å². The quantitative estimate of drug-likeness (QED) is 0.741. The lowest BCUT2D eigenvalue weighted by molar-refractivity contribution is -0.312. The third-order valence-corrected chi connectivity index (χ3v) is 3.29. The van der Waals surface area contributed by atoms with Crippen molar-refractivity contribution in [3.05, 3.63) is 0 Å². The fraction of sp³-hybridized carbons (Fsp3) is 1.00. The molecule has 0 unspecified atom stereocenters. The van der Waals surface area contributed by atoms with E-state index < -0.39 is 0 Å². The highest BCUT2D eigenvalue weighted by Gasteiger charge is 2.41. The number of rotatable bonds is 6. The van der Waals surface area contributed by atoms with Gasteiger partial charge < -0.3 is 18.9 Å². The number of nitrogens with one attached hydrogen (secondary N) is 2. The van der Waals surface area contributed by atoms with Crippen molar-refractivity contribution in [3.63, 3.8) is 0 Å². The van der Waals surface area contributed by atoms with Crippen LogP contribution in [0.4, 0.5) is 0 Å². The molecule has 2 aliphatic heterocycles. The fourth-order valence-electron chi connectivity index (χ4n) is 2.12. The normalized spacial score (nSPS) is 35.7. The minimum Gasteiger partial charge on any atom is -0.339 e. The van der Waals surface area contributed by atoms with Gasteiger partial charge in [0.1, 0.15) is 0 Å². The van der Waals surface area contributed by atoms with Crippen molar-refractivity contribution in [3.8, 4) is 0 Å². The van der Waals surface area contributed by atoms with E-state index in [9.17, 15) is 0 Å². The molecule has 2 saturated heterocycles. The van der Waals surface area contributed by atoms with Crippen LogP contribution >= 0.6 is 0 Å². The fourth-order valence-corrected chi connectivity index (χ4v) is 2.12. The largest absolute Gasteiger partial charge is 0.339 e. The lowest BCUT2D eigenvalue weighted by Gasteiger charge is -2.43. The van der Waals surface area contributed by atoms with Gasteiger partial charge in [-0.1, -0.05) is 13.8 Å². The first-order chi connectivity index (χ1) is 9.28. The Hall–Kier alpha value is -0.240. The predicted octanol–water partition coefficient (Wildman–Crippen LogP) is 0.633. The van der Waals surface area contributed by atoms with Gasteiger partial charge in [0, 0.05) is 0 Å². The van der Waals surface area contributed by atoms with Gasteiger partial charge in [-0.25, -0.2) is 0 Å². The smallest absolute Gasteiger partial charge is 0.216 e. The van der Waals surface area contributed by atoms with E-state index in [2.05, 4.69) is 24.5 Å². The zero-order valence-electron chi connectivity index (χ0n) is 11.9. The molecule has 112 valence electrons. The third-order valence-electron chi connectivity index (χ3n) is 3.29. The van der Waals surface area contributed by atoms with Crippen molar-refractivity contribution in [2.45, 2.75) is 39.5 Å². The van der Waals surface area contributed by atoms with Gasteiger partial charge in [0.05, 0.1) is 31.8 Å². The molecule has 0 aliphatic carbocycles. The molecular weight excluding hydrogens is 248 g/mol. The van der Waals surface area contributed by atoms with E-state index in [-0.39, 0.29) is 18.2 Å². The van der Waals surface area contributed by atoms with Gasteiger partial charge >= 0.3 is 0 Å². The van der Waals surface area contributed by atoms with Gasteiger partial charge in [0.15, 0.2) is 0 Å². The molecule has 0 saturated carbocycles. The molecule has 6 nitrogen and oxygen atoms in total. The summed E-state index contributed by atoms with van der Waals surface area (Å²) < 4.78 is 22.7. The second-order valence-corrected chi connectivity index (χ2v) is 5.32. The SMILES string of the molecule is CCCNC1OCC2(CO1)COC(NCCC)OC2. The first-order valence-corrected chi connectivity index (χ1v) is 7.21. The van der Waals surface area contributed by atoms with E-state index in [0.717, 1.165) is 25.9 Å². The van der Waals surface area contributed by atoms with Gasteiger partial charge in [0.2, 0.25) is 12.8 Å². The van der Waals surface area contributed by atoms with Crippen LogP contribution in [0.1, 0.15) is 26.7 Å². The second kappa shape index (κ2) is 7.52. The number of ether oxygens (including phenoxy) is 4. The van der Waals surface area contributed by atoms with Crippen LogP contribution in [-0.4, -0.2) is 52.3 Å². The maximum absolute atomic E-state index is 5.68. The van der Waals surface area contributed by atoms with Crippen LogP contribution in [0, 0.1) is 5.41 Å². The van der Waals surface area contributed by atoms with Crippen LogP contribution in [0.3, 0.4) is 0 Å². The molecule has 0 amide bonds. The van der Waals surface area contributed by atoms with E-state index >= 15 is 0 Å². The lowest BCUT2D eigenvalue weighted by atomic mass is 9.91. The summed E-state index contributed by atoms with van der Waals surface area (Å²) in [5.41, 5.74) is -0.158. The summed E-state index contributed by atoms with van der Waals surface area (Å²) in [7, 11) is 0. The van der Waals surface area contributed by atoms with Gasteiger partial charge in [0.25, 0.3) is 0 Å². The third kappa shape index (κ3) is 4.37. The van der Waals surface area contributed by atoms with E-state index in [4.69, 9.17) is 18.9 Å². The average Bonchev–Trinajstić information content (AvgIpc) is 2.46. The second-order valence-electron chi connectivity index (χ2n) is 5.32. The summed E-state index contributed by atoms with van der Waals surface area (Å²) in [6, 6.07) is 0. The zero-order valence-corrected chi connectivity index (χ0v) is 11.9. The zero-order chi connectivity index (χ0) is 13.6. The Bertz CT molecular complexity index is 220. The average molecular weight is 274 g/mol. The summed E-state index contributed by atoms with van der Waals surface area (Å²) in [5, 5.41) is 6.38. The molecule has 2 rings (SSSR count). The highest BCUT2D eigenvalue weighted by atomic mass is 16.7. The molecule has 6 heteroatoms. The summed E-state index contributed by atoms with van der Waals surface area (Å²) in [5.74, 6) is 0. The van der Waals surface area contributed by atoms with Gasteiger partial charge in [-0.05, 0) is 25.9 Å². The lowest BCUT2D eigenvalue weighted by Crippen LogP contribution is -2.56. The molecule has 0 atom stereocenters. The molecule has 0 bridgehead atoms. The van der Waals surface area contributed by atoms with Gasteiger partial charge in [-0.15, -0.1) is 0 Å². The highest BCUT2D eigenvalue weighted by molar-refractivity contribution is 4.83. The van der Waals surface area contributed by atoms with Gasteiger partial charge in [-0.3, -0.25) is 10.6 Å². The Morgan fingerprint density at radius 3 is 1.47 bits per heavy atom. The minimum absolute atomic E-state index is 0.158. The summed E-state index contributed by atoms with van der Waals surface area (Å²) in [6.45, 7) is 8.45. The Kier molecular flexibility index (Phi) is 6.00. The van der Waals surface area contributed by atoms with E-state index in [1.807, 2.05) is 0 Å². The van der Waals surface area contributed by atoms with Crippen LogP contribution in [0.5, 0.6) is 0 Å². The molecule has 2 N–H and O–H groups in total. The van der Waals surface area contributed by atoms with Crippen molar-refractivity contribution >= 4 is 0 Å². The predicted molar refractivity (Wildman–Crippen MR) is 70.4 cm³/mol. The van der Waals surface area contributed by atoms with Crippen LogP contribution < -0.4 is 10.6 Å². The van der Waals surface area contributed by atoms with Crippen molar-refractivity contribution in [2.75, 3.05) is 39.5 Å². The highest BCUT2D eigenvalue weighted by Crippen LogP contribution is 2.29.